The van der Waals surface area contributed by atoms with Gasteiger partial charge in [-0.15, -0.1) is 0 Å². The van der Waals surface area contributed by atoms with Crippen LogP contribution < -0.4 is 5.11 Å². The van der Waals surface area contributed by atoms with Gasteiger partial charge in [0.1, 0.15) is 13.2 Å². The highest BCUT2D eigenvalue weighted by Crippen LogP contribution is 2.13. The van der Waals surface area contributed by atoms with Gasteiger partial charge < -0.3 is 33.3 Å². The molecule has 2 unspecified atom stereocenters. The van der Waals surface area contributed by atoms with E-state index in [2.05, 4.69) is 220 Å². The maximum absolute atomic E-state index is 12.9. The third-order valence-corrected chi connectivity index (χ3v) is 13.0. The van der Waals surface area contributed by atoms with Crippen LogP contribution in [-0.4, -0.2) is 82.3 Å². The van der Waals surface area contributed by atoms with E-state index in [1.807, 2.05) is 21.1 Å². The van der Waals surface area contributed by atoms with Crippen molar-refractivity contribution in [2.24, 2.45) is 0 Å². The van der Waals surface area contributed by atoms with Gasteiger partial charge >= 0.3 is 11.9 Å². The number of esters is 2. The lowest BCUT2D eigenvalue weighted by Crippen LogP contribution is -2.44. The molecule has 9 heteroatoms. The first-order valence-corrected chi connectivity index (χ1v) is 33.2. The molecular formula is C78H119NO8. The van der Waals surface area contributed by atoms with E-state index in [4.69, 9.17) is 18.9 Å². The second kappa shape index (κ2) is 65.8. The van der Waals surface area contributed by atoms with Gasteiger partial charge in [-0.2, -0.15) is 0 Å². The summed E-state index contributed by atoms with van der Waals surface area (Å²) in [4.78, 5) is 37.4. The molecular weight excluding hydrogens is 1080 g/mol. The summed E-state index contributed by atoms with van der Waals surface area (Å²) in [6, 6.07) is 0. The van der Waals surface area contributed by atoms with E-state index >= 15 is 0 Å². The molecule has 0 aliphatic rings. The summed E-state index contributed by atoms with van der Waals surface area (Å²) in [6.45, 7) is 4.42. The van der Waals surface area contributed by atoms with Crippen molar-refractivity contribution in [2.45, 2.75) is 219 Å². The Morgan fingerprint density at radius 3 is 0.931 bits per heavy atom. The van der Waals surface area contributed by atoms with Crippen molar-refractivity contribution < 1.29 is 42.9 Å². The molecule has 0 aromatic heterocycles. The van der Waals surface area contributed by atoms with E-state index in [0.29, 0.717) is 23.9 Å². The molecule has 0 spiro atoms. The molecule has 0 rings (SSSR count). The van der Waals surface area contributed by atoms with Gasteiger partial charge in [-0.3, -0.25) is 9.59 Å². The zero-order valence-corrected chi connectivity index (χ0v) is 55.0. The molecule has 0 aromatic carbocycles. The summed E-state index contributed by atoms with van der Waals surface area (Å²) in [5.41, 5.74) is 0. The third kappa shape index (κ3) is 67.2. The number of allylic oxidation sites excluding steroid dienone is 34. The Labute approximate surface area is 531 Å². The standard InChI is InChI=1S/C78H119NO8/c1-6-8-10-12-14-16-18-20-22-24-26-28-30-32-34-36-38-40-42-44-46-48-50-52-54-56-58-60-62-64-66-68-75(80)85-72-74(73-86-78(77(82)83)84-71-70-79(3,4)5)87-76(81)69-67-65-63-61-59-57-55-53-51-49-47-45-43-41-39-37-35-33-31-29-27-25-23-21-19-17-15-13-11-9-7-2/h8-11,14-17,20-23,26-29,32-35,38-41,44-47,50-53,57,59,74,78H,6-7,12-13,18-19,24-25,30-31,36-37,42-43,48-49,54-56,58,60-73H2,1-5H3/b10-8-,11-9-,16-14-,17-15-,22-20-,23-21-,28-26-,29-27-,34-32-,35-33-,40-38-,41-39-,46-44-,47-45-,52-50-,53-51-,59-57-. The number of carbonyl (C=O) groups excluding carboxylic acids is 3. The molecule has 0 aliphatic heterocycles. The molecule has 0 amide bonds. The Morgan fingerprint density at radius 1 is 0.345 bits per heavy atom. The fourth-order valence-corrected chi connectivity index (χ4v) is 8.01. The van der Waals surface area contributed by atoms with Crippen LogP contribution in [0.25, 0.3) is 0 Å². The number of carboxylic acid groups (broad SMARTS) is 1. The lowest BCUT2D eigenvalue weighted by atomic mass is 10.1. The molecule has 0 aromatic rings. The largest absolute Gasteiger partial charge is 0.545 e. The van der Waals surface area contributed by atoms with Crippen LogP contribution in [0.3, 0.4) is 0 Å². The van der Waals surface area contributed by atoms with E-state index in [-0.39, 0.29) is 32.7 Å². The van der Waals surface area contributed by atoms with Gasteiger partial charge in [-0.1, -0.05) is 253 Å². The highest BCUT2D eigenvalue weighted by Gasteiger charge is 2.22. The second-order valence-corrected chi connectivity index (χ2v) is 22.3. The summed E-state index contributed by atoms with van der Waals surface area (Å²) in [5, 5.41) is 11.8. The number of hydrogen-bond donors (Lipinski definition) is 0. The SMILES string of the molecule is CC/C=C\C/C=C\C/C=C\C/C=C\C/C=C\C/C=C\C/C=C\C/C=C\C/C=C\CCCCCC(=O)OC(COC(=O)CCCCCCCC/C=C\C/C=C\C/C=C\C/C=C\C/C=C\C/C=C\C/C=C\C/C=C\CC)COC(OCC[N+](C)(C)C)C(=O)[O-]. The molecule has 2 atom stereocenters. The average molecular weight is 1200 g/mol. The minimum atomic E-state index is -1.65. The first kappa shape index (κ1) is 80.9. The first-order chi connectivity index (χ1) is 42.6. The Bertz CT molecular complexity index is 2180. The van der Waals surface area contributed by atoms with Crippen LogP contribution in [0.2, 0.25) is 0 Å². The molecule has 0 N–H and O–H groups in total. The summed E-state index contributed by atoms with van der Waals surface area (Å²) in [6.07, 6.45) is 100. The number of nitrogens with zero attached hydrogens (tertiary/aromatic N) is 1. The van der Waals surface area contributed by atoms with Gasteiger partial charge in [-0.25, -0.2) is 0 Å². The summed E-state index contributed by atoms with van der Waals surface area (Å²) < 4.78 is 22.7. The minimum absolute atomic E-state index is 0.125. The number of quaternary nitrogens is 1. The number of rotatable bonds is 58. The fourth-order valence-electron chi connectivity index (χ4n) is 8.01. The Hall–Kier alpha value is -6.13. The van der Waals surface area contributed by atoms with Crippen molar-refractivity contribution in [3.8, 4) is 0 Å². The van der Waals surface area contributed by atoms with E-state index in [1.165, 1.54) is 0 Å². The van der Waals surface area contributed by atoms with Crippen molar-refractivity contribution in [2.75, 3.05) is 47.5 Å². The van der Waals surface area contributed by atoms with Crippen LogP contribution >= 0.6 is 0 Å². The van der Waals surface area contributed by atoms with Crippen LogP contribution in [0.15, 0.2) is 207 Å². The van der Waals surface area contributed by atoms with E-state index < -0.39 is 30.3 Å². The number of carbonyl (C=O) groups is 3. The maximum atomic E-state index is 12.9. The minimum Gasteiger partial charge on any atom is -0.545 e. The predicted molar refractivity (Wildman–Crippen MR) is 370 cm³/mol. The van der Waals surface area contributed by atoms with Crippen molar-refractivity contribution >= 4 is 17.9 Å². The molecule has 0 saturated carbocycles. The van der Waals surface area contributed by atoms with Crippen LogP contribution in [0.1, 0.15) is 206 Å². The summed E-state index contributed by atoms with van der Waals surface area (Å²) in [5.74, 6) is -2.38. The van der Waals surface area contributed by atoms with Crippen molar-refractivity contribution in [3.63, 3.8) is 0 Å². The van der Waals surface area contributed by atoms with Crippen molar-refractivity contribution in [1.82, 2.24) is 0 Å². The maximum Gasteiger partial charge on any atom is 0.306 e. The van der Waals surface area contributed by atoms with Crippen LogP contribution in [0.4, 0.5) is 0 Å². The second-order valence-electron chi connectivity index (χ2n) is 22.3. The van der Waals surface area contributed by atoms with E-state index in [9.17, 15) is 19.5 Å². The number of ether oxygens (including phenoxy) is 4. The van der Waals surface area contributed by atoms with Gasteiger partial charge in [-0.05, 0) is 148 Å². The number of likely N-dealkylation sites (N-methyl/N-ethyl adjacent to an activating group) is 1. The van der Waals surface area contributed by atoms with Crippen LogP contribution in [0, 0.1) is 0 Å². The van der Waals surface area contributed by atoms with Crippen molar-refractivity contribution in [1.29, 1.82) is 0 Å². The predicted octanol–water partition coefficient (Wildman–Crippen LogP) is 19.5. The zero-order chi connectivity index (χ0) is 63.3. The molecule has 0 saturated heterocycles. The molecule has 0 radical (unpaired) electrons. The average Bonchev–Trinajstić information content (AvgIpc) is 3.56. The normalized spacial score (nSPS) is 14.1. The zero-order valence-electron chi connectivity index (χ0n) is 55.0. The fraction of sp³-hybridized carbons (Fsp3) is 0.526. The molecule has 9 nitrogen and oxygen atoms in total. The molecule has 0 aliphatic carbocycles. The Morgan fingerprint density at radius 2 is 0.621 bits per heavy atom. The highest BCUT2D eigenvalue weighted by molar-refractivity contribution is 5.70. The Kier molecular flexibility index (Phi) is 61.2. The van der Waals surface area contributed by atoms with E-state index in [0.717, 1.165) is 167 Å². The van der Waals surface area contributed by atoms with Gasteiger partial charge in [0.05, 0.1) is 40.3 Å². The van der Waals surface area contributed by atoms with Crippen LogP contribution in [0.5, 0.6) is 0 Å². The van der Waals surface area contributed by atoms with Gasteiger partial charge in [0, 0.05) is 12.8 Å². The monoisotopic (exact) mass is 1200 g/mol. The molecule has 0 fully saturated rings. The highest BCUT2D eigenvalue weighted by atomic mass is 16.7. The van der Waals surface area contributed by atoms with Gasteiger partial charge in [0.15, 0.2) is 12.4 Å². The first-order valence-electron chi connectivity index (χ1n) is 33.2. The van der Waals surface area contributed by atoms with Crippen LogP contribution in [-0.2, 0) is 33.3 Å². The smallest absolute Gasteiger partial charge is 0.306 e. The lowest BCUT2D eigenvalue weighted by Gasteiger charge is -2.26. The van der Waals surface area contributed by atoms with Gasteiger partial charge in [0.2, 0.25) is 0 Å². The number of aliphatic carboxylic acids is 1. The topological polar surface area (TPSA) is 111 Å². The van der Waals surface area contributed by atoms with Gasteiger partial charge in [0.25, 0.3) is 0 Å². The summed E-state index contributed by atoms with van der Waals surface area (Å²) >= 11 is 0. The quantitative estimate of drug-likeness (QED) is 0.0195. The molecule has 0 bridgehead atoms. The molecule has 484 valence electrons. The number of hydrogen-bond acceptors (Lipinski definition) is 8. The molecule has 0 heterocycles. The van der Waals surface area contributed by atoms with Crippen molar-refractivity contribution in [3.05, 3.63) is 207 Å². The molecule has 87 heavy (non-hydrogen) atoms. The Balaban J connectivity index is 4.36. The van der Waals surface area contributed by atoms with E-state index in [1.54, 1.807) is 0 Å². The number of carboxylic acids is 1. The lowest BCUT2D eigenvalue weighted by molar-refractivity contribution is -0.870. The summed E-state index contributed by atoms with van der Waals surface area (Å²) in [7, 11) is 5.89. The third-order valence-electron chi connectivity index (χ3n) is 13.0. The number of unbranched alkanes of at least 4 members (excludes halogenated alkanes) is 9.